The fourth-order valence-corrected chi connectivity index (χ4v) is 1.18. The first-order chi connectivity index (χ1) is 6.18. The Kier molecular flexibility index (Phi) is 3.96. The van der Waals surface area contributed by atoms with Crippen molar-refractivity contribution in [3.05, 3.63) is 11.6 Å². The van der Waals surface area contributed by atoms with E-state index in [2.05, 4.69) is 13.9 Å². The minimum atomic E-state index is -2.45. The molecule has 1 N–H and O–H groups in total. The standard InChI is InChI=1S/C5H5NO5S2/c7-4(3-10-13(8)9)11-5-6-1-2-12-5/h1-2H,3H2,(H,8,9). The molecule has 1 rings (SSSR count). The lowest BCUT2D eigenvalue weighted by Gasteiger charge is -1.97. The highest BCUT2D eigenvalue weighted by Gasteiger charge is 2.08. The SMILES string of the molecule is O=C(COS(=O)O)Oc1nccs1. The summed E-state index contributed by atoms with van der Waals surface area (Å²) >= 11 is -1.31. The number of carbonyl (C=O) groups is 1. The Morgan fingerprint density at radius 2 is 2.54 bits per heavy atom. The second kappa shape index (κ2) is 5.02. The number of nitrogens with zero attached hydrogens (tertiary/aromatic N) is 1. The molecule has 13 heavy (non-hydrogen) atoms. The van der Waals surface area contributed by atoms with Gasteiger partial charge in [-0.05, 0) is 0 Å². The number of thiazole rings is 1. The van der Waals surface area contributed by atoms with Gasteiger partial charge >= 0.3 is 17.3 Å². The second-order valence-electron chi connectivity index (χ2n) is 1.75. The fourth-order valence-electron chi connectivity index (χ4n) is 0.486. The smallest absolute Gasteiger partial charge is 0.340 e. The first-order valence-corrected chi connectivity index (χ1v) is 4.94. The minimum absolute atomic E-state index is 0.178. The van der Waals surface area contributed by atoms with Gasteiger partial charge in [0.2, 0.25) is 0 Å². The maximum absolute atomic E-state index is 10.8. The molecule has 0 aliphatic rings. The minimum Gasteiger partial charge on any atom is -0.396 e. The number of hydrogen-bond acceptors (Lipinski definition) is 6. The Morgan fingerprint density at radius 3 is 3.08 bits per heavy atom. The van der Waals surface area contributed by atoms with E-state index in [-0.39, 0.29) is 5.19 Å². The largest absolute Gasteiger partial charge is 0.396 e. The zero-order chi connectivity index (χ0) is 9.68. The van der Waals surface area contributed by atoms with Gasteiger partial charge in [-0.3, -0.25) is 8.74 Å². The third kappa shape index (κ3) is 4.08. The molecule has 0 fully saturated rings. The zero-order valence-corrected chi connectivity index (χ0v) is 7.84. The molecule has 1 aromatic rings. The van der Waals surface area contributed by atoms with Gasteiger partial charge in [-0.25, -0.2) is 9.78 Å². The number of carbonyl (C=O) groups excluding carboxylic acids is 1. The van der Waals surface area contributed by atoms with Crippen LogP contribution in [0.3, 0.4) is 0 Å². The molecule has 8 heteroatoms. The van der Waals surface area contributed by atoms with Crippen LogP contribution in [-0.4, -0.2) is 26.3 Å². The van der Waals surface area contributed by atoms with Crippen molar-refractivity contribution in [3.63, 3.8) is 0 Å². The van der Waals surface area contributed by atoms with E-state index in [0.29, 0.717) is 0 Å². The predicted octanol–water partition coefficient (Wildman–Crippen LogP) is 0.202. The third-order valence-corrected chi connectivity index (χ3v) is 1.86. The maximum Gasteiger partial charge on any atom is 0.340 e. The second-order valence-corrected chi connectivity index (χ2v) is 3.28. The molecule has 0 aliphatic carbocycles. The molecule has 0 aromatic carbocycles. The summed E-state index contributed by atoms with van der Waals surface area (Å²) in [5.41, 5.74) is 0. The highest BCUT2D eigenvalue weighted by Crippen LogP contribution is 2.13. The van der Waals surface area contributed by atoms with E-state index in [1.54, 1.807) is 5.38 Å². The van der Waals surface area contributed by atoms with E-state index in [9.17, 15) is 9.00 Å². The highest BCUT2D eigenvalue weighted by molar-refractivity contribution is 7.74. The molecule has 0 saturated heterocycles. The van der Waals surface area contributed by atoms with Crippen LogP contribution in [0.2, 0.25) is 0 Å². The van der Waals surface area contributed by atoms with E-state index in [1.807, 2.05) is 0 Å². The molecule has 0 amide bonds. The van der Waals surface area contributed by atoms with Gasteiger partial charge in [-0.2, -0.15) is 4.21 Å². The van der Waals surface area contributed by atoms with Gasteiger partial charge in [-0.15, -0.1) is 0 Å². The van der Waals surface area contributed by atoms with Gasteiger partial charge in [0.05, 0.1) is 0 Å². The number of ether oxygens (including phenoxy) is 1. The van der Waals surface area contributed by atoms with Crippen molar-refractivity contribution in [3.8, 4) is 5.19 Å². The van der Waals surface area contributed by atoms with Crippen molar-refractivity contribution in [2.24, 2.45) is 0 Å². The van der Waals surface area contributed by atoms with Crippen LogP contribution >= 0.6 is 11.3 Å². The maximum atomic E-state index is 10.8. The number of rotatable bonds is 4. The van der Waals surface area contributed by atoms with Gasteiger partial charge in [0.15, 0.2) is 6.61 Å². The first-order valence-electron chi connectivity index (χ1n) is 3.03. The molecule has 0 saturated carbocycles. The number of hydrogen-bond donors (Lipinski definition) is 1. The lowest BCUT2D eigenvalue weighted by molar-refractivity contribution is -0.136. The molecule has 1 atom stereocenters. The number of esters is 1. The van der Waals surface area contributed by atoms with Crippen LogP contribution in [0.5, 0.6) is 5.19 Å². The summed E-state index contributed by atoms with van der Waals surface area (Å²) in [7, 11) is 0. The van der Waals surface area contributed by atoms with Crippen LogP contribution < -0.4 is 4.74 Å². The third-order valence-electron chi connectivity index (χ3n) is 0.888. The Labute approximate surface area is 80.0 Å². The van der Waals surface area contributed by atoms with Gasteiger partial charge in [0, 0.05) is 11.6 Å². The summed E-state index contributed by atoms with van der Waals surface area (Å²) in [5, 5.41) is 1.81. The van der Waals surface area contributed by atoms with Crippen LogP contribution in [0.4, 0.5) is 0 Å². The molecule has 1 aromatic heterocycles. The summed E-state index contributed by atoms with van der Waals surface area (Å²) in [6.07, 6.45) is 1.47. The zero-order valence-electron chi connectivity index (χ0n) is 6.21. The van der Waals surface area contributed by atoms with Crippen molar-refractivity contribution >= 4 is 28.7 Å². The lowest BCUT2D eigenvalue weighted by atomic mass is 10.7. The highest BCUT2D eigenvalue weighted by atomic mass is 32.2. The summed E-state index contributed by atoms with van der Waals surface area (Å²) in [5.74, 6) is -0.766. The van der Waals surface area contributed by atoms with E-state index in [0.717, 1.165) is 11.3 Å². The van der Waals surface area contributed by atoms with Crippen LogP contribution in [0, 0.1) is 0 Å². The average molecular weight is 223 g/mol. The first kappa shape index (κ1) is 10.3. The van der Waals surface area contributed by atoms with E-state index >= 15 is 0 Å². The van der Waals surface area contributed by atoms with E-state index in [1.165, 1.54) is 6.20 Å². The van der Waals surface area contributed by atoms with Gasteiger partial charge in [0.1, 0.15) is 0 Å². The van der Waals surface area contributed by atoms with Crippen LogP contribution in [-0.2, 0) is 20.3 Å². The van der Waals surface area contributed by atoms with Crippen molar-refractivity contribution in [2.75, 3.05) is 6.61 Å². The average Bonchev–Trinajstić information content (AvgIpc) is 2.53. The van der Waals surface area contributed by atoms with Gasteiger partial charge in [-0.1, -0.05) is 11.3 Å². The van der Waals surface area contributed by atoms with Gasteiger partial charge in [0.25, 0.3) is 5.19 Å². The fraction of sp³-hybridized carbons (Fsp3) is 0.200. The molecular weight excluding hydrogens is 218 g/mol. The molecule has 0 spiro atoms. The summed E-state index contributed by atoms with van der Waals surface area (Å²) in [6, 6.07) is 0. The molecule has 0 radical (unpaired) electrons. The molecule has 6 nitrogen and oxygen atoms in total. The Morgan fingerprint density at radius 1 is 1.77 bits per heavy atom. The molecule has 0 aliphatic heterocycles. The molecule has 1 heterocycles. The van der Waals surface area contributed by atoms with Crippen molar-refractivity contribution in [2.45, 2.75) is 0 Å². The summed E-state index contributed by atoms with van der Waals surface area (Å²) in [4.78, 5) is 14.5. The van der Waals surface area contributed by atoms with Crippen molar-refractivity contribution < 1.29 is 22.5 Å². The van der Waals surface area contributed by atoms with Gasteiger partial charge < -0.3 is 4.74 Å². The van der Waals surface area contributed by atoms with Crippen LogP contribution in [0.1, 0.15) is 0 Å². The monoisotopic (exact) mass is 223 g/mol. The quantitative estimate of drug-likeness (QED) is 0.579. The van der Waals surface area contributed by atoms with Crippen LogP contribution in [0.15, 0.2) is 11.6 Å². The summed E-state index contributed by atoms with van der Waals surface area (Å²) in [6.45, 7) is -0.581. The Bertz CT molecular complexity index is 298. The molecule has 0 bridgehead atoms. The normalized spacial score (nSPS) is 12.4. The molecule has 72 valence electrons. The molecular formula is C5H5NO5S2. The predicted molar refractivity (Wildman–Crippen MR) is 44.5 cm³/mol. The van der Waals surface area contributed by atoms with E-state index in [4.69, 9.17) is 4.55 Å². The lowest BCUT2D eigenvalue weighted by Crippen LogP contribution is -2.16. The van der Waals surface area contributed by atoms with Crippen molar-refractivity contribution in [1.29, 1.82) is 0 Å². The summed E-state index contributed by atoms with van der Waals surface area (Å²) < 4.78 is 26.8. The number of aromatic nitrogens is 1. The van der Waals surface area contributed by atoms with Crippen molar-refractivity contribution in [1.82, 2.24) is 4.98 Å². The topological polar surface area (TPSA) is 85.7 Å². The Balaban J connectivity index is 2.30. The molecule has 1 unspecified atom stereocenters. The Hall–Kier alpha value is -0.830. The van der Waals surface area contributed by atoms with Crippen LogP contribution in [0.25, 0.3) is 0 Å². The van der Waals surface area contributed by atoms with E-state index < -0.39 is 23.9 Å².